The summed E-state index contributed by atoms with van der Waals surface area (Å²) in [4.78, 5) is 0. The van der Waals surface area contributed by atoms with Crippen LogP contribution < -0.4 is 19.9 Å². The molecule has 2 aromatic rings. The highest BCUT2D eigenvalue weighted by Gasteiger charge is 2.15. The lowest BCUT2D eigenvalue weighted by molar-refractivity contribution is 0.339. The van der Waals surface area contributed by atoms with Crippen LogP contribution in [-0.2, 0) is 0 Å². The number of hydrogen-bond acceptors (Lipinski definition) is 4. The van der Waals surface area contributed by atoms with Crippen LogP contribution in [0.2, 0.25) is 0 Å². The van der Waals surface area contributed by atoms with Crippen LogP contribution in [0, 0.1) is 0 Å². The summed E-state index contributed by atoms with van der Waals surface area (Å²) in [6.07, 6.45) is 0. The van der Waals surface area contributed by atoms with Crippen LogP contribution in [0.15, 0.2) is 42.5 Å². The summed E-state index contributed by atoms with van der Waals surface area (Å²) in [5.41, 5.74) is 8.24. The summed E-state index contributed by atoms with van der Waals surface area (Å²) in [7, 11) is 3.27. The molecule has 0 aliphatic heterocycles. The topological polar surface area (TPSA) is 53.7 Å². The highest BCUT2D eigenvalue weighted by atomic mass is 16.5. The van der Waals surface area contributed by atoms with Crippen LogP contribution >= 0.6 is 0 Å². The molecule has 0 aliphatic rings. The van der Waals surface area contributed by atoms with E-state index >= 15 is 0 Å². The fourth-order valence-electron chi connectivity index (χ4n) is 2.23. The zero-order valence-electron chi connectivity index (χ0n) is 12.6. The average molecular weight is 287 g/mol. The molecule has 0 spiro atoms. The monoisotopic (exact) mass is 287 g/mol. The lowest BCUT2D eigenvalue weighted by atomic mass is 9.98. The minimum absolute atomic E-state index is 0.310. The fraction of sp³-hybridized carbons (Fsp3) is 0.294. The Bertz CT molecular complexity index is 598. The summed E-state index contributed by atoms with van der Waals surface area (Å²) >= 11 is 0. The van der Waals surface area contributed by atoms with E-state index in [-0.39, 0.29) is 6.04 Å². The van der Waals surface area contributed by atoms with Crippen molar-refractivity contribution in [3.8, 4) is 17.2 Å². The Hall–Kier alpha value is -2.20. The number of benzene rings is 2. The van der Waals surface area contributed by atoms with Gasteiger partial charge >= 0.3 is 0 Å². The van der Waals surface area contributed by atoms with Gasteiger partial charge in [0.25, 0.3) is 0 Å². The predicted molar refractivity (Wildman–Crippen MR) is 83.2 cm³/mol. The smallest absolute Gasteiger partial charge is 0.124 e. The number of rotatable bonds is 6. The van der Waals surface area contributed by atoms with E-state index in [0.717, 1.165) is 28.4 Å². The molecule has 0 saturated carbocycles. The first-order chi connectivity index (χ1) is 10.2. The first-order valence-electron chi connectivity index (χ1n) is 6.89. The molecule has 0 amide bonds. The first-order valence-corrected chi connectivity index (χ1v) is 6.89. The number of nitrogens with two attached hydrogens (primary N) is 1. The van der Waals surface area contributed by atoms with E-state index in [4.69, 9.17) is 19.9 Å². The second-order valence-corrected chi connectivity index (χ2v) is 4.59. The molecule has 21 heavy (non-hydrogen) atoms. The average Bonchev–Trinajstić information content (AvgIpc) is 2.54. The summed E-state index contributed by atoms with van der Waals surface area (Å²) in [6, 6.07) is 13.1. The second-order valence-electron chi connectivity index (χ2n) is 4.59. The van der Waals surface area contributed by atoms with Crippen LogP contribution in [0.25, 0.3) is 0 Å². The zero-order chi connectivity index (χ0) is 15.2. The van der Waals surface area contributed by atoms with Gasteiger partial charge in [0.1, 0.15) is 17.2 Å². The lowest BCUT2D eigenvalue weighted by Crippen LogP contribution is -2.13. The van der Waals surface area contributed by atoms with E-state index in [1.807, 2.05) is 49.4 Å². The van der Waals surface area contributed by atoms with E-state index in [0.29, 0.717) is 6.61 Å². The van der Waals surface area contributed by atoms with Crippen molar-refractivity contribution >= 4 is 0 Å². The molecule has 0 aromatic heterocycles. The molecule has 112 valence electrons. The molecule has 0 aliphatic carbocycles. The summed E-state index contributed by atoms with van der Waals surface area (Å²) in [5.74, 6) is 2.31. The lowest BCUT2D eigenvalue weighted by Gasteiger charge is -2.18. The highest BCUT2D eigenvalue weighted by molar-refractivity contribution is 5.46. The van der Waals surface area contributed by atoms with E-state index in [9.17, 15) is 0 Å². The summed E-state index contributed by atoms with van der Waals surface area (Å²) in [5, 5.41) is 0. The first kappa shape index (κ1) is 15.2. The van der Waals surface area contributed by atoms with Gasteiger partial charge in [0.05, 0.1) is 26.9 Å². The van der Waals surface area contributed by atoms with Crippen LogP contribution in [0.4, 0.5) is 0 Å². The van der Waals surface area contributed by atoms with Gasteiger partial charge in [-0.15, -0.1) is 0 Å². The Kier molecular flexibility index (Phi) is 5.06. The standard InChI is InChI=1S/C17H21NO3/c1-4-21-14-7-5-6-12(10-14)17(18)15-11-13(19-2)8-9-16(15)20-3/h5-11,17H,4,18H2,1-3H3. The van der Waals surface area contributed by atoms with Crippen molar-refractivity contribution in [1.29, 1.82) is 0 Å². The minimum atomic E-state index is -0.310. The van der Waals surface area contributed by atoms with Gasteiger partial charge in [-0.2, -0.15) is 0 Å². The molecule has 0 fully saturated rings. The SMILES string of the molecule is CCOc1cccc(C(N)c2cc(OC)ccc2OC)c1. The third-order valence-electron chi connectivity index (χ3n) is 3.30. The minimum Gasteiger partial charge on any atom is -0.497 e. The molecule has 2 rings (SSSR count). The van der Waals surface area contributed by atoms with Crippen molar-refractivity contribution in [2.75, 3.05) is 20.8 Å². The summed E-state index contributed by atoms with van der Waals surface area (Å²) in [6.45, 7) is 2.58. The van der Waals surface area contributed by atoms with Crippen LogP contribution in [0.1, 0.15) is 24.1 Å². The molecular weight excluding hydrogens is 266 g/mol. The number of ether oxygens (including phenoxy) is 3. The maximum absolute atomic E-state index is 6.39. The van der Waals surface area contributed by atoms with Crippen molar-refractivity contribution in [3.63, 3.8) is 0 Å². The molecule has 4 nitrogen and oxygen atoms in total. The van der Waals surface area contributed by atoms with Gasteiger partial charge in [0.2, 0.25) is 0 Å². The van der Waals surface area contributed by atoms with Gasteiger partial charge in [-0.05, 0) is 42.8 Å². The normalized spacial score (nSPS) is 11.8. The summed E-state index contributed by atoms with van der Waals surface area (Å²) < 4.78 is 16.2. The molecule has 2 N–H and O–H groups in total. The van der Waals surface area contributed by atoms with Crippen LogP contribution in [0.3, 0.4) is 0 Å². The second kappa shape index (κ2) is 6.99. The van der Waals surface area contributed by atoms with E-state index in [1.165, 1.54) is 0 Å². The van der Waals surface area contributed by atoms with Gasteiger partial charge in [-0.25, -0.2) is 0 Å². The van der Waals surface area contributed by atoms with Crippen molar-refractivity contribution in [1.82, 2.24) is 0 Å². The Morgan fingerprint density at radius 1 is 1.00 bits per heavy atom. The highest BCUT2D eigenvalue weighted by Crippen LogP contribution is 2.32. The van der Waals surface area contributed by atoms with E-state index in [2.05, 4.69) is 0 Å². The Morgan fingerprint density at radius 2 is 1.81 bits per heavy atom. The molecule has 2 aromatic carbocycles. The predicted octanol–water partition coefficient (Wildman–Crippen LogP) is 3.15. The fourth-order valence-corrected chi connectivity index (χ4v) is 2.23. The van der Waals surface area contributed by atoms with Gasteiger partial charge in [-0.3, -0.25) is 0 Å². The van der Waals surface area contributed by atoms with Crippen molar-refractivity contribution in [2.24, 2.45) is 5.73 Å². The molecule has 0 radical (unpaired) electrons. The number of hydrogen-bond donors (Lipinski definition) is 1. The molecule has 0 saturated heterocycles. The zero-order valence-corrected chi connectivity index (χ0v) is 12.6. The molecule has 0 bridgehead atoms. The number of methoxy groups -OCH3 is 2. The molecule has 1 unspecified atom stereocenters. The maximum atomic E-state index is 6.39. The van der Waals surface area contributed by atoms with E-state index in [1.54, 1.807) is 14.2 Å². The van der Waals surface area contributed by atoms with Gasteiger partial charge < -0.3 is 19.9 Å². The van der Waals surface area contributed by atoms with Gasteiger partial charge in [0, 0.05) is 5.56 Å². The molecule has 1 atom stereocenters. The maximum Gasteiger partial charge on any atom is 0.124 e. The largest absolute Gasteiger partial charge is 0.497 e. The van der Waals surface area contributed by atoms with Crippen molar-refractivity contribution in [2.45, 2.75) is 13.0 Å². The third kappa shape index (κ3) is 3.47. The van der Waals surface area contributed by atoms with Crippen molar-refractivity contribution < 1.29 is 14.2 Å². The van der Waals surface area contributed by atoms with E-state index < -0.39 is 0 Å². The Labute approximate surface area is 125 Å². The Morgan fingerprint density at radius 3 is 2.48 bits per heavy atom. The van der Waals surface area contributed by atoms with Crippen LogP contribution in [-0.4, -0.2) is 20.8 Å². The van der Waals surface area contributed by atoms with Gasteiger partial charge in [-0.1, -0.05) is 12.1 Å². The third-order valence-corrected chi connectivity index (χ3v) is 3.30. The van der Waals surface area contributed by atoms with Crippen molar-refractivity contribution in [3.05, 3.63) is 53.6 Å². The quantitative estimate of drug-likeness (QED) is 0.886. The van der Waals surface area contributed by atoms with Gasteiger partial charge in [0.15, 0.2) is 0 Å². The molecule has 0 heterocycles. The molecular formula is C17H21NO3. The Balaban J connectivity index is 2.38. The molecule has 4 heteroatoms. The van der Waals surface area contributed by atoms with Crippen LogP contribution in [0.5, 0.6) is 17.2 Å².